The molecule has 0 saturated carbocycles. The van der Waals surface area contributed by atoms with Gasteiger partial charge in [-0.2, -0.15) is 0 Å². The molecule has 0 heterocycles. The Balaban J connectivity index is 2.34. The standard InChI is InChI=1S/C17H26N2O4/c1-12(10-19-16(21)23-17(2,3)4)18-11-13-6-8-14(9-7-13)15(20)22-5/h6-9,12,18H,10-11H2,1-5H3,(H,19,21). The van der Waals surface area contributed by atoms with Gasteiger partial charge < -0.3 is 20.1 Å². The van der Waals surface area contributed by atoms with E-state index in [1.165, 1.54) is 7.11 Å². The third-order valence-electron chi connectivity index (χ3n) is 2.98. The van der Waals surface area contributed by atoms with Crippen molar-refractivity contribution in [3.05, 3.63) is 35.4 Å². The van der Waals surface area contributed by atoms with Crippen LogP contribution in [0, 0.1) is 0 Å². The maximum absolute atomic E-state index is 11.6. The Morgan fingerprint density at radius 3 is 2.30 bits per heavy atom. The molecule has 6 nitrogen and oxygen atoms in total. The monoisotopic (exact) mass is 322 g/mol. The van der Waals surface area contributed by atoms with Gasteiger partial charge in [0.05, 0.1) is 12.7 Å². The van der Waals surface area contributed by atoms with E-state index in [1.807, 2.05) is 39.8 Å². The fourth-order valence-corrected chi connectivity index (χ4v) is 1.79. The Kier molecular flexibility index (Phi) is 7.03. The molecule has 23 heavy (non-hydrogen) atoms. The van der Waals surface area contributed by atoms with Crippen molar-refractivity contribution in [3.63, 3.8) is 0 Å². The number of carbonyl (C=O) groups excluding carboxylic acids is 2. The van der Waals surface area contributed by atoms with Gasteiger partial charge in [-0.25, -0.2) is 9.59 Å². The molecule has 128 valence electrons. The largest absolute Gasteiger partial charge is 0.465 e. The summed E-state index contributed by atoms with van der Waals surface area (Å²) in [6.45, 7) is 8.55. The molecule has 0 aliphatic rings. The highest BCUT2D eigenvalue weighted by Gasteiger charge is 2.16. The molecule has 0 aromatic heterocycles. The van der Waals surface area contributed by atoms with Crippen LogP contribution in [0.1, 0.15) is 43.6 Å². The number of rotatable bonds is 6. The Morgan fingerprint density at radius 1 is 1.17 bits per heavy atom. The molecule has 1 aromatic carbocycles. The quantitative estimate of drug-likeness (QED) is 0.787. The van der Waals surface area contributed by atoms with Crippen molar-refractivity contribution in [1.29, 1.82) is 0 Å². The molecular formula is C17H26N2O4. The highest BCUT2D eigenvalue weighted by Crippen LogP contribution is 2.07. The molecule has 0 spiro atoms. The van der Waals surface area contributed by atoms with Crippen LogP contribution in [0.4, 0.5) is 4.79 Å². The van der Waals surface area contributed by atoms with Crippen molar-refractivity contribution < 1.29 is 19.1 Å². The van der Waals surface area contributed by atoms with Gasteiger partial charge in [0.25, 0.3) is 0 Å². The number of alkyl carbamates (subject to hydrolysis) is 1. The summed E-state index contributed by atoms with van der Waals surface area (Å²) in [4.78, 5) is 22.9. The summed E-state index contributed by atoms with van der Waals surface area (Å²) in [6.07, 6.45) is -0.423. The van der Waals surface area contributed by atoms with E-state index < -0.39 is 11.7 Å². The topological polar surface area (TPSA) is 76.7 Å². The molecule has 2 N–H and O–H groups in total. The fourth-order valence-electron chi connectivity index (χ4n) is 1.79. The van der Waals surface area contributed by atoms with Crippen LogP contribution in [0.15, 0.2) is 24.3 Å². The Morgan fingerprint density at radius 2 is 1.78 bits per heavy atom. The second kappa shape index (κ2) is 8.53. The lowest BCUT2D eigenvalue weighted by Crippen LogP contribution is -2.40. The van der Waals surface area contributed by atoms with E-state index in [0.717, 1.165) is 5.56 Å². The first-order valence-electron chi connectivity index (χ1n) is 7.59. The SMILES string of the molecule is COC(=O)c1ccc(CNC(C)CNC(=O)OC(C)(C)C)cc1. The van der Waals surface area contributed by atoms with Crippen LogP contribution in [0.5, 0.6) is 0 Å². The average molecular weight is 322 g/mol. The van der Waals surface area contributed by atoms with Gasteiger partial charge >= 0.3 is 12.1 Å². The van der Waals surface area contributed by atoms with E-state index in [4.69, 9.17) is 4.74 Å². The Bertz CT molecular complexity index is 520. The number of hydrogen-bond donors (Lipinski definition) is 2. The lowest BCUT2D eigenvalue weighted by molar-refractivity contribution is 0.0522. The molecular weight excluding hydrogens is 296 g/mol. The molecule has 0 aliphatic heterocycles. The highest BCUT2D eigenvalue weighted by atomic mass is 16.6. The third-order valence-corrected chi connectivity index (χ3v) is 2.98. The summed E-state index contributed by atoms with van der Waals surface area (Å²) in [7, 11) is 1.36. The van der Waals surface area contributed by atoms with Crippen molar-refractivity contribution in [2.75, 3.05) is 13.7 Å². The van der Waals surface area contributed by atoms with E-state index in [9.17, 15) is 9.59 Å². The van der Waals surface area contributed by atoms with E-state index >= 15 is 0 Å². The van der Waals surface area contributed by atoms with Crippen LogP contribution >= 0.6 is 0 Å². The minimum Gasteiger partial charge on any atom is -0.465 e. The second-order valence-corrected chi connectivity index (χ2v) is 6.35. The van der Waals surface area contributed by atoms with Crippen LogP contribution in [0.2, 0.25) is 0 Å². The van der Waals surface area contributed by atoms with Crippen molar-refractivity contribution in [1.82, 2.24) is 10.6 Å². The van der Waals surface area contributed by atoms with Crippen LogP contribution in [-0.4, -0.2) is 37.4 Å². The van der Waals surface area contributed by atoms with Gasteiger partial charge in [0.2, 0.25) is 0 Å². The molecule has 1 aromatic rings. The maximum atomic E-state index is 11.6. The van der Waals surface area contributed by atoms with Crippen molar-refractivity contribution in [2.24, 2.45) is 0 Å². The van der Waals surface area contributed by atoms with Crippen LogP contribution in [0.3, 0.4) is 0 Å². The average Bonchev–Trinajstić information content (AvgIpc) is 2.49. The molecule has 0 fully saturated rings. The zero-order valence-electron chi connectivity index (χ0n) is 14.4. The summed E-state index contributed by atoms with van der Waals surface area (Å²) < 4.78 is 9.83. The lowest BCUT2D eigenvalue weighted by Gasteiger charge is -2.21. The molecule has 1 amide bonds. The highest BCUT2D eigenvalue weighted by molar-refractivity contribution is 5.89. The van der Waals surface area contributed by atoms with E-state index in [-0.39, 0.29) is 12.0 Å². The smallest absolute Gasteiger partial charge is 0.407 e. The molecule has 0 radical (unpaired) electrons. The minimum absolute atomic E-state index is 0.0859. The number of nitrogens with one attached hydrogen (secondary N) is 2. The maximum Gasteiger partial charge on any atom is 0.407 e. The first kappa shape index (κ1) is 19.0. The third kappa shape index (κ3) is 7.65. The Hall–Kier alpha value is -2.08. The van der Waals surface area contributed by atoms with Gasteiger partial charge in [-0.15, -0.1) is 0 Å². The number of ether oxygens (including phenoxy) is 2. The van der Waals surface area contributed by atoms with Crippen LogP contribution < -0.4 is 10.6 Å². The van der Waals surface area contributed by atoms with Gasteiger partial charge in [-0.3, -0.25) is 0 Å². The summed E-state index contributed by atoms with van der Waals surface area (Å²) in [5, 5.41) is 6.02. The number of carbonyl (C=O) groups is 2. The van der Waals surface area contributed by atoms with Gasteiger partial charge in [0.15, 0.2) is 0 Å². The molecule has 1 unspecified atom stereocenters. The molecule has 1 rings (SSSR count). The molecule has 0 saturated heterocycles. The predicted octanol–water partition coefficient (Wildman–Crippen LogP) is 2.48. The summed E-state index contributed by atoms with van der Waals surface area (Å²) in [5.74, 6) is -0.348. The normalized spacial score (nSPS) is 12.4. The van der Waals surface area contributed by atoms with E-state index in [2.05, 4.69) is 15.4 Å². The van der Waals surface area contributed by atoms with Gasteiger partial charge in [0.1, 0.15) is 5.60 Å². The number of methoxy groups -OCH3 is 1. The number of amides is 1. The number of esters is 1. The predicted molar refractivity (Wildman–Crippen MR) is 88.3 cm³/mol. The van der Waals surface area contributed by atoms with Gasteiger partial charge in [-0.05, 0) is 45.4 Å². The zero-order valence-corrected chi connectivity index (χ0v) is 14.4. The van der Waals surface area contributed by atoms with Gasteiger partial charge in [-0.1, -0.05) is 12.1 Å². The first-order chi connectivity index (χ1) is 10.7. The van der Waals surface area contributed by atoms with Crippen LogP contribution in [0.25, 0.3) is 0 Å². The summed E-state index contributed by atoms with van der Waals surface area (Å²) >= 11 is 0. The number of benzene rings is 1. The molecule has 0 aliphatic carbocycles. The van der Waals surface area contributed by atoms with Crippen molar-refractivity contribution in [2.45, 2.75) is 45.9 Å². The van der Waals surface area contributed by atoms with E-state index in [1.54, 1.807) is 12.1 Å². The lowest BCUT2D eigenvalue weighted by atomic mass is 10.1. The zero-order chi connectivity index (χ0) is 17.5. The van der Waals surface area contributed by atoms with E-state index in [0.29, 0.717) is 18.7 Å². The van der Waals surface area contributed by atoms with Crippen molar-refractivity contribution in [3.8, 4) is 0 Å². The molecule has 0 bridgehead atoms. The minimum atomic E-state index is -0.498. The van der Waals surface area contributed by atoms with Crippen molar-refractivity contribution >= 4 is 12.1 Å². The second-order valence-electron chi connectivity index (χ2n) is 6.35. The number of hydrogen-bond acceptors (Lipinski definition) is 5. The first-order valence-corrected chi connectivity index (χ1v) is 7.59. The Labute approximate surface area is 137 Å². The van der Waals surface area contributed by atoms with Crippen LogP contribution in [-0.2, 0) is 16.0 Å². The molecule has 6 heteroatoms. The molecule has 1 atom stereocenters. The van der Waals surface area contributed by atoms with Gasteiger partial charge in [0, 0.05) is 19.1 Å². The summed E-state index contributed by atoms with van der Waals surface area (Å²) in [6, 6.07) is 7.28. The summed E-state index contributed by atoms with van der Waals surface area (Å²) in [5.41, 5.74) is 1.07. The fraction of sp³-hybridized carbons (Fsp3) is 0.529.